The van der Waals surface area contributed by atoms with E-state index in [9.17, 15) is 9.59 Å². The SMILES string of the molecule is CCN1CCC[C@@H]1CNC(=O)c1cc2c(=O)n(CCOC)c3ccccc3n2n1. The third-order valence-electron chi connectivity index (χ3n) is 5.73. The summed E-state index contributed by atoms with van der Waals surface area (Å²) in [6.07, 6.45) is 2.25. The van der Waals surface area contributed by atoms with Crippen molar-refractivity contribution in [1.29, 1.82) is 0 Å². The molecule has 0 aliphatic carbocycles. The van der Waals surface area contributed by atoms with Gasteiger partial charge in [0, 0.05) is 32.3 Å². The fraction of sp³-hybridized carbons (Fsp3) is 0.476. The normalized spacial score (nSPS) is 17.4. The van der Waals surface area contributed by atoms with Gasteiger partial charge in [0.1, 0.15) is 5.52 Å². The number of nitrogens with one attached hydrogen (secondary N) is 1. The molecule has 1 aliphatic heterocycles. The lowest BCUT2D eigenvalue weighted by Gasteiger charge is -2.22. The van der Waals surface area contributed by atoms with Crippen LogP contribution < -0.4 is 10.9 Å². The highest BCUT2D eigenvalue weighted by atomic mass is 16.5. The Morgan fingerprint density at radius 1 is 1.28 bits per heavy atom. The molecule has 1 N–H and O–H groups in total. The molecule has 154 valence electrons. The highest BCUT2D eigenvalue weighted by Crippen LogP contribution is 2.17. The number of hydrogen-bond donors (Lipinski definition) is 1. The second-order valence-corrected chi connectivity index (χ2v) is 7.40. The van der Waals surface area contributed by atoms with Crippen LogP contribution in [0.4, 0.5) is 0 Å². The van der Waals surface area contributed by atoms with Crippen molar-refractivity contribution in [1.82, 2.24) is 24.4 Å². The lowest BCUT2D eigenvalue weighted by molar-refractivity contribution is 0.0936. The molecule has 8 nitrogen and oxygen atoms in total. The van der Waals surface area contributed by atoms with E-state index in [0.29, 0.717) is 31.3 Å². The van der Waals surface area contributed by atoms with Gasteiger partial charge >= 0.3 is 0 Å². The van der Waals surface area contributed by atoms with E-state index >= 15 is 0 Å². The molecule has 0 unspecified atom stereocenters. The summed E-state index contributed by atoms with van der Waals surface area (Å²) in [5.74, 6) is -0.247. The zero-order chi connectivity index (χ0) is 20.4. The van der Waals surface area contributed by atoms with Crippen LogP contribution in [0.25, 0.3) is 16.6 Å². The van der Waals surface area contributed by atoms with Crippen molar-refractivity contribution in [2.75, 3.05) is 33.4 Å². The molecule has 2 aromatic heterocycles. The summed E-state index contributed by atoms with van der Waals surface area (Å²) >= 11 is 0. The van der Waals surface area contributed by atoms with Gasteiger partial charge in [-0.25, -0.2) is 4.52 Å². The smallest absolute Gasteiger partial charge is 0.277 e. The van der Waals surface area contributed by atoms with Crippen LogP contribution in [0.2, 0.25) is 0 Å². The number of nitrogens with zero attached hydrogens (tertiary/aromatic N) is 4. The molecule has 1 fully saturated rings. The maximum absolute atomic E-state index is 13.0. The lowest BCUT2D eigenvalue weighted by Crippen LogP contribution is -2.40. The fourth-order valence-corrected chi connectivity index (χ4v) is 4.20. The van der Waals surface area contributed by atoms with Crippen molar-refractivity contribution >= 4 is 22.5 Å². The third-order valence-corrected chi connectivity index (χ3v) is 5.73. The van der Waals surface area contributed by atoms with Crippen LogP contribution >= 0.6 is 0 Å². The molecule has 1 aliphatic rings. The van der Waals surface area contributed by atoms with Gasteiger partial charge in [-0.15, -0.1) is 0 Å². The molecular weight excluding hydrogens is 370 g/mol. The molecular formula is C21H27N5O3. The second kappa shape index (κ2) is 8.34. The summed E-state index contributed by atoms with van der Waals surface area (Å²) in [5.41, 5.74) is 2.02. The maximum atomic E-state index is 13.0. The number of rotatable bonds is 7. The second-order valence-electron chi connectivity index (χ2n) is 7.40. The highest BCUT2D eigenvalue weighted by molar-refractivity contribution is 5.94. The molecule has 0 bridgehead atoms. The summed E-state index contributed by atoms with van der Waals surface area (Å²) < 4.78 is 8.40. The maximum Gasteiger partial charge on any atom is 0.277 e. The van der Waals surface area contributed by atoms with Gasteiger partial charge < -0.3 is 14.6 Å². The van der Waals surface area contributed by atoms with Crippen LogP contribution in [-0.4, -0.2) is 64.4 Å². The molecule has 0 spiro atoms. The zero-order valence-corrected chi connectivity index (χ0v) is 16.9. The number of likely N-dealkylation sites (tertiary alicyclic amines) is 1. The van der Waals surface area contributed by atoms with Gasteiger partial charge in [0.05, 0.1) is 17.6 Å². The molecule has 1 atom stereocenters. The monoisotopic (exact) mass is 397 g/mol. The van der Waals surface area contributed by atoms with E-state index < -0.39 is 0 Å². The van der Waals surface area contributed by atoms with Crippen molar-refractivity contribution in [2.45, 2.75) is 32.4 Å². The first-order chi connectivity index (χ1) is 14.1. The number of likely N-dealkylation sites (N-methyl/N-ethyl adjacent to an activating group) is 1. The number of carbonyl (C=O) groups is 1. The number of methoxy groups -OCH3 is 1. The van der Waals surface area contributed by atoms with Crippen LogP contribution in [0.5, 0.6) is 0 Å². The van der Waals surface area contributed by atoms with Gasteiger partial charge in [-0.2, -0.15) is 5.10 Å². The molecule has 0 saturated carbocycles. The number of para-hydroxylation sites is 2. The summed E-state index contributed by atoms with van der Waals surface area (Å²) in [6, 6.07) is 9.51. The number of ether oxygens (including phenoxy) is 1. The van der Waals surface area contributed by atoms with Crippen LogP contribution in [0.3, 0.4) is 0 Å². The summed E-state index contributed by atoms with van der Waals surface area (Å²) in [5, 5.41) is 7.45. The van der Waals surface area contributed by atoms with Crippen molar-refractivity contribution < 1.29 is 9.53 Å². The van der Waals surface area contributed by atoms with Crippen molar-refractivity contribution in [3.05, 3.63) is 46.4 Å². The number of hydrogen-bond acceptors (Lipinski definition) is 5. The Kier molecular flexibility index (Phi) is 5.64. The van der Waals surface area contributed by atoms with Crippen LogP contribution in [0.1, 0.15) is 30.3 Å². The topological polar surface area (TPSA) is 80.9 Å². The number of benzene rings is 1. The van der Waals surface area contributed by atoms with E-state index in [1.165, 1.54) is 0 Å². The van der Waals surface area contributed by atoms with E-state index in [4.69, 9.17) is 4.74 Å². The van der Waals surface area contributed by atoms with Gasteiger partial charge in [0.15, 0.2) is 5.69 Å². The Hall–Kier alpha value is -2.71. The Morgan fingerprint density at radius 2 is 2.07 bits per heavy atom. The highest BCUT2D eigenvalue weighted by Gasteiger charge is 2.24. The predicted octanol–water partition coefficient (Wildman–Crippen LogP) is 1.51. The molecule has 0 radical (unpaired) electrons. The minimum absolute atomic E-state index is 0.180. The van der Waals surface area contributed by atoms with E-state index in [1.807, 2.05) is 24.3 Å². The quantitative estimate of drug-likeness (QED) is 0.654. The number of carbonyl (C=O) groups excluding carboxylic acids is 1. The first-order valence-corrected chi connectivity index (χ1v) is 10.2. The zero-order valence-electron chi connectivity index (χ0n) is 16.9. The van der Waals surface area contributed by atoms with Crippen LogP contribution in [-0.2, 0) is 11.3 Å². The minimum Gasteiger partial charge on any atom is -0.383 e. The van der Waals surface area contributed by atoms with Crippen molar-refractivity contribution in [3.63, 3.8) is 0 Å². The third kappa shape index (κ3) is 3.65. The Morgan fingerprint density at radius 3 is 2.83 bits per heavy atom. The summed E-state index contributed by atoms with van der Waals surface area (Å²) in [7, 11) is 1.61. The molecule has 3 aromatic rings. The van der Waals surface area contributed by atoms with Gasteiger partial charge in [-0.05, 0) is 38.1 Å². The first-order valence-electron chi connectivity index (χ1n) is 10.2. The average molecular weight is 397 g/mol. The Labute approximate surface area is 169 Å². The van der Waals surface area contributed by atoms with Gasteiger partial charge in [0.2, 0.25) is 0 Å². The minimum atomic E-state index is -0.247. The van der Waals surface area contributed by atoms with E-state index in [2.05, 4.69) is 22.2 Å². The van der Waals surface area contributed by atoms with E-state index in [1.54, 1.807) is 22.3 Å². The molecule has 29 heavy (non-hydrogen) atoms. The van der Waals surface area contributed by atoms with E-state index in [-0.39, 0.29) is 17.2 Å². The fourth-order valence-electron chi connectivity index (χ4n) is 4.20. The van der Waals surface area contributed by atoms with Crippen LogP contribution in [0.15, 0.2) is 35.1 Å². The van der Waals surface area contributed by atoms with Gasteiger partial charge in [-0.3, -0.25) is 14.5 Å². The van der Waals surface area contributed by atoms with E-state index in [0.717, 1.165) is 37.0 Å². The van der Waals surface area contributed by atoms with Gasteiger partial charge in [0.25, 0.3) is 11.5 Å². The number of aromatic nitrogens is 3. The van der Waals surface area contributed by atoms with Gasteiger partial charge in [-0.1, -0.05) is 19.1 Å². The van der Waals surface area contributed by atoms with Crippen molar-refractivity contribution in [3.8, 4) is 0 Å². The summed E-state index contributed by atoms with van der Waals surface area (Å²) in [6.45, 7) is 5.67. The Bertz CT molecular complexity index is 1090. The molecule has 3 heterocycles. The molecule has 8 heteroatoms. The lowest BCUT2D eigenvalue weighted by atomic mass is 10.2. The Balaban J connectivity index is 1.66. The predicted molar refractivity (Wildman–Crippen MR) is 111 cm³/mol. The molecule has 1 aromatic carbocycles. The standard InChI is InChI=1S/C21H27N5O3/c1-3-24-10-6-7-15(24)14-22-20(27)16-13-19-21(28)25(11-12-29-2)17-8-4-5-9-18(17)26(19)23-16/h4-5,8-9,13,15H,3,6-7,10-12,14H2,1-2H3,(H,22,27)/t15-/m1/s1. The van der Waals surface area contributed by atoms with Crippen molar-refractivity contribution in [2.24, 2.45) is 0 Å². The molecule has 1 saturated heterocycles. The largest absolute Gasteiger partial charge is 0.383 e. The molecule has 4 rings (SSSR count). The average Bonchev–Trinajstić information content (AvgIpc) is 3.39. The van der Waals surface area contributed by atoms with Crippen LogP contribution in [0, 0.1) is 0 Å². The number of amides is 1. The summed E-state index contributed by atoms with van der Waals surface area (Å²) in [4.78, 5) is 28.2. The molecule has 1 amide bonds. The first kappa shape index (κ1) is 19.6. The number of fused-ring (bicyclic) bond motifs is 3.